The van der Waals surface area contributed by atoms with E-state index >= 15 is 0 Å². The Kier molecular flexibility index (Phi) is 10.6. The number of imidazole rings is 1. The minimum absolute atomic E-state index is 0.846. The zero-order valence-corrected chi connectivity index (χ0v) is 22.3. The van der Waals surface area contributed by atoms with Crippen molar-refractivity contribution in [3.05, 3.63) is 67.0 Å². The molecule has 0 amide bonds. The number of carbonyl (C=O) groups is 2. The Morgan fingerprint density at radius 1 is 0.930 bits per heavy atom. The summed E-state index contributed by atoms with van der Waals surface area (Å²) in [6, 6.07) is 10.1. The molecule has 3 aromatic heterocycles. The summed E-state index contributed by atoms with van der Waals surface area (Å²) in [5, 5.41) is 14.2. The van der Waals surface area contributed by atoms with Crippen LogP contribution in [0.1, 0.15) is 5.56 Å². The van der Waals surface area contributed by atoms with Crippen molar-refractivity contribution >= 4 is 23.4 Å². The molecule has 0 atom stereocenters. The first-order valence-electron chi connectivity index (χ1n) is 12.3. The van der Waals surface area contributed by atoms with Crippen molar-refractivity contribution in [2.45, 2.75) is 18.9 Å². The average molecular weight is 618 g/mol. The predicted molar refractivity (Wildman–Crippen MR) is 139 cm³/mol. The highest BCUT2D eigenvalue weighted by atomic mass is 19.4. The number of fused-ring (bicyclic) bond motifs is 1. The maximum absolute atomic E-state index is 10.6. The lowest BCUT2D eigenvalue weighted by atomic mass is 10.1. The van der Waals surface area contributed by atoms with Gasteiger partial charge in [0.25, 0.3) is 0 Å². The average Bonchev–Trinajstić information content (AvgIpc) is 3.63. The van der Waals surface area contributed by atoms with Crippen LogP contribution in [0.5, 0.6) is 5.75 Å². The lowest BCUT2D eigenvalue weighted by Crippen LogP contribution is -2.46. The number of rotatable bonds is 5. The van der Waals surface area contributed by atoms with E-state index in [1.165, 1.54) is 5.56 Å². The van der Waals surface area contributed by atoms with Crippen molar-refractivity contribution in [3.63, 3.8) is 0 Å². The number of nitrogens with zero attached hydrogens (tertiary/aromatic N) is 5. The van der Waals surface area contributed by atoms with Crippen LogP contribution in [0.25, 0.3) is 16.9 Å². The van der Waals surface area contributed by atoms with Gasteiger partial charge in [0.05, 0.1) is 31.5 Å². The molecule has 11 nitrogen and oxygen atoms in total. The van der Waals surface area contributed by atoms with E-state index in [1.54, 1.807) is 13.4 Å². The van der Waals surface area contributed by atoms with Gasteiger partial charge in [0, 0.05) is 56.2 Å². The molecule has 1 aromatic carbocycles. The molecule has 0 spiro atoms. The summed E-state index contributed by atoms with van der Waals surface area (Å²) in [7, 11) is 1.68. The molecule has 0 unspecified atom stereocenters. The molecule has 1 saturated heterocycles. The SMILES string of the molecule is COc1ccc(-c2cnc3c(N4CCN(Cc5ccoc5)CC4)nccn23)cc1.O=C(O)C(F)(F)F.O=C(O)C(F)(F)F. The number of carboxylic acids is 2. The third kappa shape index (κ3) is 9.09. The highest BCUT2D eigenvalue weighted by Gasteiger charge is 2.38. The van der Waals surface area contributed by atoms with Gasteiger partial charge in [0.1, 0.15) is 5.75 Å². The standard InChI is InChI=1S/C22H23N5O2.2C2HF3O2/c1-28-19-4-2-18(3-5-19)20-14-24-22-21(23-7-8-27(20)22)26-11-9-25(10-12-26)15-17-6-13-29-16-17;2*3-2(4,5)1(6)7/h2-8,13-14,16H,9-12,15H2,1H3;2*(H,6,7). The van der Waals surface area contributed by atoms with Crippen molar-refractivity contribution in [2.75, 3.05) is 38.2 Å². The zero-order chi connectivity index (χ0) is 31.8. The Hall–Kier alpha value is -4.80. The van der Waals surface area contributed by atoms with Crippen LogP contribution >= 0.6 is 0 Å². The Labute approximate surface area is 239 Å². The highest BCUT2D eigenvalue weighted by molar-refractivity contribution is 5.73. The number of benzene rings is 1. The number of halogens is 6. The highest BCUT2D eigenvalue weighted by Crippen LogP contribution is 2.27. The van der Waals surface area contributed by atoms with Gasteiger partial charge in [-0.05, 0) is 30.3 Å². The van der Waals surface area contributed by atoms with Crippen molar-refractivity contribution in [1.82, 2.24) is 19.3 Å². The molecule has 1 aliphatic heterocycles. The molecular weight excluding hydrogens is 592 g/mol. The molecule has 5 rings (SSSR count). The van der Waals surface area contributed by atoms with E-state index in [2.05, 4.69) is 31.3 Å². The van der Waals surface area contributed by atoms with Crippen LogP contribution < -0.4 is 9.64 Å². The number of aliphatic carboxylic acids is 2. The third-order valence-electron chi connectivity index (χ3n) is 5.94. The second kappa shape index (κ2) is 13.9. The summed E-state index contributed by atoms with van der Waals surface area (Å²) in [6.45, 7) is 4.75. The molecular formula is C26H25F6N5O6. The van der Waals surface area contributed by atoms with E-state index in [9.17, 15) is 26.3 Å². The van der Waals surface area contributed by atoms with Crippen LogP contribution in [0, 0.1) is 0 Å². The van der Waals surface area contributed by atoms with E-state index in [-0.39, 0.29) is 0 Å². The largest absolute Gasteiger partial charge is 0.497 e. The number of methoxy groups -OCH3 is 1. The summed E-state index contributed by atoms with van der Waals surface area (Å²) < 4.78 is 76.0. The zero-order valence-electron chi connectivity index (χ0n) is 22.3. The summed E-state index contributed by atoms with van der Waals surface area (Å²) in [4.78, 5) is 31.9. The van der Waals surface area contributed by atoms with E-state index in [0.29, 0.717) is 0 Å². The van der Waals surface area contributed by atoms with Gasteiger partial charge < -0.3 is 24.3 Å². The number of aromatic nitrogens is 3. The lowest BCUT2D eigenvalue weighted by Gasteiger charge is -2.35. The molecule has 4 aromatic rings. The number of furan rings is 1. The summed E-state index contributed by atoms with van der Waals surface area (Å²) in [5.74, 6) is -3.73. The molecule has 0 bridgehead atoms. The Bertz CT molecular complexity index is 1460. The van der Waals surface area contributed by atoms with Gasteiger partial charge >= 0.3 is 24.3 Å². The fourth-order valence-electron chi connectivity index (χ4n) is 3.86. The minimum atomic E-state index is -5.08. The number of alkyl halides is 6. The monoisotopic (exact) mass is 617 g/mol. The van der Waals surface area contributed by atoms with Crippen molar-refractivity contribution < 1.29 is 55.3 Å². The van der Waals surface area contributed by atoms with Crippen LogP contribution in [-0.4, -0.2) is 87.1 Å². The van der Waals surface area contributed by atoms with Gasteiger partial charge in [-0.1, -0.05) is 0 Å². The number of hydrogen-bond acceptors (Lipinski definition) is 8. The molecule has 0 aliphatic carbocycles. The molecule has 1 aliphatic rings. The van der Waals surface area contributed by atoms with Gasteiger partial charge in [0.15, 0.2) is 11.5 Å². The summed E-state index contributed by atoms with van der Waals surface area (Å²) in [5.41, 5.74) is 4.25. The molecule has 4 heterocycles. The second-order valence-corrected chi connectivity index (χ2v) is 8.82. The summed E-state index contributed by atoms with van der Waals surface area (Å²) >= 11 is 0. The Morgan fingerprint density at radius 3 is 2.00 bits per heavy atom. The quantitative estimate of drug-likeness (QED) is 0.307. The molecule has 0 saturated carbocycles. The fourth-order valence-corrected chi connectivity index (χ4v) is 3.86. The van der Waals surface area contributed by atoms with Gasteiger partial charge in [-0.2, -0.15) is 26.3 Å². The topological polar surface area (TPSA) is 134 Å². The van der Waals surface area contributed by atoms with E-state index in [4.69, 9.17) is 33.9 Å². The number of ether oxygens (including phenoxy) is 1. The minimum Gasteiger partial charge on any atom is -0.497 e. The van der Waals surface area contributed by atoms with Crippen LogP contribution in [0.2, 0.25) is 0 Å². The third-order valence-corrected chi connectivity index (χ3v) is 5.94. The fraction of sp³-hybridized carbons (Fsp3) is 0.308. The first-order valence-corrected chi connectivity index (χ1v) is 12.3. The first-order chi connectivity index (χ1) is 20.2. The predicted octanol–water partition coefficient (Wildman–Crippen LogP) is 4.59. The number of piperazine rings is 1. The van der Waals surface area contributed by atoms with E-state index in [0.717, 1.165) is 61.2 Å². The molecule has 1 fully saturated rings. The molecule has 0 radical (unpaired) electrons. The number of carboxylic acid groups (broad SMARTS) is 2. The van der Waals surface area contributed by atoms with Gasteiger partial charge in [-0.15, -0.1) is 0 Å². The number of anilines is 1. The maximum atomic E-state index is 10.6. The first kappa shape index (κ1) is 32.7. The van der Waals surface area contributed by atoms with Gasteiger partial charge in [0.2, 0.25) is 0 Å². The smallest absolute Gasteiger partial charge is 0.490 e. The molecule has 2 N–H and O–H groups in total. The van der Waals surface area contributed by atoms with Crippen LogP contribution in [0.15, 0.2) is 65.9 Å². The normalized spacial score (nSPS) is 13.9. The van der Waals surface area contributed by atoms with Crippen molar-refractivity contribution in [1.29, 1.82) is 0 Å². The van der Waals surface area contributed by atoms with E-state index < -0.39 is 24.3 Å². The Balaban J connectivity index is 0.000000303. The number of hydrogen-bond donors (Lipinski definition) is 2. The van der Waals surface area contributed by atoms with Crippen LogP contribution in [0.3, 0.4) is 0 Å². The molecule has 43 heavy (non-hydrogen) atoms. The van der Waals surface area contributed by atoms with Crippen LogP contribution in [-0.2, 0) is 16.1 Å². The van der Waals surface area contributed by atoms with Crippen molar-refractivity contribution in [2.24, 2.45) is 0 Å². The van der Waals surface area contributed by atoms with Crippen LogP contribution in [0.4, 0.5) is 32.2 Å². The summed E-state index contributed by atoms with van der Waals surface area (Å²) in [6.07, 6.45) is -0.873. The van der Waals surface area contributed by atoms with Gasteiger partial charge in [-0.25, -0.2) is 19.6 Å². The maximum Gasteiger partial charge on any atom is 0.490 e. The van der Waals surface area contributed by atoms with E-state index in [1.807, 2.05) is 43.1 Å². The molecule has 232 valence electrons. The Morgan fingerprint density at radius 2 is 1.51 bits per heavy atom. The lowest BCUT2D eigenvalue weighted by molar-refractivity contribution is -0.193. The molecule has 17 heteroatoms. The second-order valence-electron chi connectivity index (χ2n) is 8.82. The van der Waals surface area contributed by atoms with Crippen molar-refractivity contribution in [3.8, 4) is 17.0 Å². The van der Waals surface area contributed by atoms with Gasteiger partial charge in [-0.3, -0.25) is 9.30 Å².